The molecule has 0 saturated carbocycles. The minimum Gasteiger partial charge on any atom is -0.466 e. The number of hydrogen-bond donors (Lipinski definition) is 0. The van der Waals surface area contributed by atoms with Crippen molar-refractivity contribution in [3.63, 3.8) is 0 Å². The van der Waals surface area contributed by atoms with E-state index in [4.69, 9.17) is 14.7 Å². The summed E-state index contributed by atoms with van der Waals surface area (Å²) in [7, 11) is 2.79. The van der Waals surface area contributed by atoms with Gasteiger partial charge in [-0.3, -0.25) is 19.4 Å². The van der Waals surface area contributed by atoms with Crippen LogP contribution in [0.2, 0.25) is 0 Å². The lowest BCUT2D eigenvalue weighted by Gasteiger charge is -2.44. The molecule has 8 heteroatoms. The zero-order valence-corrected chi connectivity index (χ0v) is 11.9. The Morgan fingerprint density at radius 3 is 2.71 bits per heavy atom. The average Bonchev–Trinajstić information content (AvgIpc) is 2.49. The van der Waals surface area contributed by atoms with E-state index in [-0.39, 0.29) is 12.4 Å². The van der Waals surface area contributed by atoms with Gasteiger partial charge in [0.05, 0.1) is 12.5 Å². The van der Waals surface area contributed by atoms with Crippen LogP contribution in [0.1, 0.15) is 6.92 Å². The standard InChI is InChI=1S/C13H15N3O5/c1-4-20-12(18)8-5-7(6-14)21-11-9(8)10(17)15(2)13(19)16(11)3/h5,8-9,11H,4H2,1-3H3. The van der Waals surface area contributed by atoms with E-state index in [9.17, 15) is 14.4 Å². The molecule has 2 aliphatic rings. The van der Waals surface area contributed by atoms with E-state index >= 15 is 0 Å². The van der Waals surface area contributed by atoms with Crippen molar-refractivity contribution in [1.29, 1.82) is 5.26 Å². The summed E-state index contributed by atoms with van der Waals surface area (Å²) in [5, 5.41) is 8.99. The van der Waals surface area contributed by atoms with E-state index < -0.39 is 36.0 Å². The maximum atomic E-state index is 12.3. The third-order valence-electron chi connectivity index (χ3n) is 3.53. The van der Waals surface area contributed by atoms with Crippen molar-refractivity contribution in [2.24, 2.45) is 11.8 Å². The first-order chi connectivity index (χ1) is 9.92. The van der Waals surface area contributed by atoms with Gasteiger partial charge >= 0.3 is 12.0 Å². The van der Waals surface area contributed by atoms with Crippen LogP contribution in [0, 0.1) is 23.2 Å². The minimum atomic E-state index is -0.991. The van der Waals surface area contributed by atoms with Gasteiger partial charge in [-0.05, 0) is 13.0 Å². The van der Waals surface area contributed by atoms with Crippen LogP contribution in [-0.4, -0.2) is 54.6 Å². The van der Waals surface area contributed by atoms with Crippen molar-refractivity contribution in [1.82, 2.24) is 9.80 Å². The highest BCUT2D eigenvalue weighted by Crippen LogP contribution is 2.35. The number of carbonyl (C=O) groups is 3. The number of hydrogen-bond acceptors (Lipinski definition) is 6. The first-order valence-corrected chi connectivity index (χ1v) is 6.42. The molecule has 0 spiro atoms. The summed E-state index contributed by atoms with van der Waals surface area (Å²) in [4.78, 5) is 38.4. The second-order valence-electron chi connectivity index (χ2n) is 4.75. The molecule has 3 unspecified atom stereocenters. The fourth-order valence-electron chi connectivity index (χ4n) is 2.46. The van der Waals surface area contributed by atoms with Gasteiger partial charge in [0.1, 0.15) is 12.0 Å². The van der Waals surface area contributed by atoms with Crippen LogP contribution >= 0.6 is 0 Å². The molecule has 21 heavy (non-hydrogen) atoms. The summed E-state index contributed by atoms with van der Waals surface area (Å²) in [5.41, 5.74) is 0. The van der Waals surface area contributed by atoms with Crippen molar-refractivity contribution in [3.8, 4) is 6.07 Å². The number of nitriles is 1. The number of carbonyl (C=O) groups excluding carboxylic acids is 3. The Morgan fingerprint density at radius 2 is 2.14 bits per heavy atom. The zero-order valence-electron chi connectivity index (χ0n) is 11.9. The Hall–Kier alpha value is -2.56. The number of urea groups is 1. The molecule has 0 radical (unpaired) electrons. The lowest BCUT2D eigenvalue weighted by molar-refractivity contribution is -0.166. The predicted molar refractivity (Wildman–Crippen MR) is 68.1 cm³/mol. The smallest absolute Gasteiger partial charge is 0.329 e. The van der Waals surface area contributed by atoms with E-state index in [0.717, 1.165) is 4.90 Å². The molecular weight excluding hydrogens is 278 g/mol. The topological polar surface area (TPSA) is 99.9 Å². The van der Waals surface area contributed by atoms with Crippen LogP contribution in [0.5, 0.6) is 0 Å². The van der Waals surface area contributed by atoms with Gasteiger partial charge in [0.25, 0.3) is 0 Å². The number of imide groups is 1. The van der Waals surface area contributed by atoms with E-state index in [1.165, 1.54) is 25.1 Å². The molecule has 0 aromatic rings. The van der Waals surface area contributed by atoms with Crippen molar-refractivity contribution >= 4 is 17.9 Å². The van der Waals surface area contributed by atoms with Gasteiger partial charge in [0.2, 0.25) is 5.91 Å². The predicted octanol–water partition coefficient (Wildman–Crippen LogP) is 0.0695. The van der Waals surface area contributed by atoms with Crippen molar-refractivity contribution in [2.75, 3.05) is 20.7 Å². The fraction of sp³-hybridized carbons (Fsp3) is 0.538. The van der Waals surface area contributed by atoms with Crippen molar-refractivity contribution in [2.45, 2.75) is 13.2 Å². The fourth-order valence-corrected chi connectivity index (χ4v) is 2.46. The summed E-state index contributed by atoms with van der Waals surface area (Å²) < 4.78 is 10.3. The molecule has 2 aliphatic heterocycles. The number of amides is 3. The number of nitrogens with zero attached hydrogens (tertiary/aromatic N) is 3. The highest BCUT2D eigenvalue weighted by Gasteiger charge is 2.52. The molecule has 8 nitrogen and oxygen atoms in total. The van der Waals surface area contributed by atoms with Crippen LogP contribution in [0.25, 0.3) is 0 Å². The van der Waals surface area contributed by atoms with E-state index in [0.29, 0.717) is 0 Å². The van der Waals surface area contributed by atoms with Gasteiger partial charge in [-0.15, -0.1) is 0 Å². The van der Waals surface area contributed by atoms with Crippen LogP contribution < -0.4 is 0 Å². The normalized spacial score (nSPS) is 28.3. The Labute approximate surface area is 121 Å². The molecule has 1 saturated heterocycles. The van der Waals surface area contributed by atoms with Crippen LogP contribution in [-0.2, 0) is 19.1 Å². The Kier molecular flexibility index (Phi) is 3.84. The lowest BCUT2D eigenvalue weighted by atomic mass is 9.85. The molecular formula is C13H15N3O5. The van der Waals surface area contributed by atoms with Gasteiger partial charge in [0.15, 0.2) is 12.0 Å². The molecule has 0 bridgehead atoms. The second kappa shape index (κ2) is 5.44. The van der Waals surface area contributed by atoms with Crippen molar-refractivity contribution < 1.29 is 23.9 Å². The van der Waals surface area contributed by atoms with Crippen molar-refractivity contribution in [3.05, 3.63) is 11.8 Å². The molecule has 0 aliphatic carbocycles. The molecule has 2 rings (SSSR count). The number of rotatable bonds is 2. The Morgan fingerprint density at radius 1 is 1.48 bits per heavy atom. The highest BCUT2D eigenvalue weighted by atomic mass is 16.5. The summed E-state index contributed by atoms with van der Waals surface area (Å²) in [6.45, 7) is 1.80. The van der Waals surface area contributed by atoms with E-state index in [1.807, 2.05) is 0 Å². The largest absolute Gasteiger partial charge is 0.466 e. The minimum absolute atomic E-state index is 0.105. The van der Waals surface area contributed by atoms with Gasteiger partial charge in [-0.2, -0.15) is 5.26 Å². The van der Waals surface area contributed by atoms with Gasteiger partial charge in [0, 0.05) is 14.1 Å². The summed E-state index contributed by atoms with van der Waals surface area (Å²) in [6.07, 6.45) is 0.282. The Balaban J connectivity index is 2.44. The van der Waals surface area contributed by atoms with Crippen LogP contribution in [0.15, 0.2) is 11.8 Å². The third kappa shape index (κ3) is 2.31. The molecule has 1 fully saturated rings. The Bertz CT molecular complexity index is 565. The molecule has 0 N–H and O–H groups in total. The average molecular weight is 293 g/mol. The van der Waals surface area contributed by atoms with Gasteiger partial charge in [-0.25, -0.2) is 4.79 Å². The number of fused-ring (bicyclic) bond motifs is 1. The summed E-state index contributed by atoms with van der Waals surface area (Å²) in [6, 6.07) is 1.24. The van der Waals surface area contributed by atoms with E-state index in [1.54, 1.807) is 13.0 Å². The number of allylic oxidation sites excluding steroid dienone is 1. The monoisotopic (exact) mass is 293 g/mol. The quantitative estimate of drug-likeness (QED) is 0.668. The SMILES string of the molecule is CCOC(=O)C1C=C(C#N)OC2C1C(=O)N(C)C(=O)N2C. The van der Waals surface area contributed by atoms with Gasteiger partial charge in [-0.1, -0.05) is 0 Å². The highest BCUT2D eigenvalue weighted by molar-refractivity contribution is 6.00. The zero-order chi connectivity index (χ0) is 15.7. The first kappa shape index (κ1) is 14.8. The molecule has 0 aromatic carbocycles. The summed E-state index contributed by atoms with van der Waals surface area (Å²) in [5.74, 6) is -3.13. The third-order valence-corrected chi connectivity index (χ3v) is 3.53. The van der Waals surface area contributed by atoms with Gasteiger partial charge < -0.3 is 9.47 Å². The summed E-state index contributed by atoms with van der Waals surface area (Å²) >= 11 is 0. The molecule has 3 amide bonds. The first-order valence-electron chi connectivity index (χ1n) is 6.42. The maximum absolute atomic E-state index is 12.3. The maximum Gasteiger partial charge on any atom is 0.329 e. The van der Waals surface area contributed by atoms with Crippen LogP contribution in [0.4, 0.5) is 4.79 Å². The number of esters is 1. The molecule has 3 atom stereocenters. The molecule has 2 heterocycles. The van der Waals surface area contributed by atoms with E-state index in [2.05, 4.69) is 0 Å². The lowest BCUT2D eigenvalue weighted by Crippen LogP contribution is -2.63. The second-order valence-corrected chi connectivity index (χ2v) is 4.75. The molecule has 0 aromatic heterocycles. The van der Waals surface area contributed by atoms with Crippen LogP contribution in [0.3, 0.4) is 0 Å². The molecule has 112 valence electrons. The number of ether oxygens (including phenoxy) is 2.